The summed E-state index contributed by atoms with van der Waals surface area (Å²) in [6.45, 7) is 3.82. The molecule has 0 saturated carbocycles. The molecule has 2 aromatic rings. The first-order valence-electron chi connectivity index (χ1n) is 7.87. The molecule has 0 aliphatic carbocycles. The van der Waals surface area contributed by atoms with E-state index in [1.54, 1.807) is 24.3 Å². The number of nitrogens with zero attached hydrogens (tertiary/aromatic N) is 1. The van der Waals surface area contributed by atoms with Crippen molar-refractivity contribution in [1.29, 1.82) is 0 Å². The molecule has 0 radical (unpaired) electrons. The molecule has 1 aliphatic rings. The lowest BCUT2D eigenvalue weighted by Crippen LogP contribution is -2.48. The van der Waals surface area contributed by atoms with Crippen molar-refractivity contribution in [3.63, 3.8) is 0 Å². The van der Waals surface area contributed by atoms with Gasteiger partial charge in [-0.05, 0) is 37.6 Å². The molecule has 132 valence electrons. The summed E-state index contributed by atoms with van der Waals surface area (Å²) in [6, 6.07) is 12.5. The van der Waals surface area contributed by atoms with Crippen LogP contribution in [0.4, 0.5) is 11.4 Å². The molecule has 0 aromatic heterocycles. The average molecular weight is 360 g/mol. The lowest BCUT2D eigenvalue weighted by atomic mass is 10.1. The molecule has 1 aliphatic heterocycles. The van der Waals surface area contributed by atoms with E-state index >= 15 is 0 Å². The molecule has 6 nitrogen and oxygen atoms in total. The summed E-state index contributed by atoms with van der Waals surface area (Å²) in [6.07, 6.45) is 0.194. The lowest BCUT2D eigenvalue weighted by molar-refractivity contribution is -0.122. The highest BCUT2D eigenvalue weighted by molar-refractivity contribution is 7.92. The summed E-state index contributed by atoms with van der Waals surface area (Å²) in [7, 11) is -3.52. The highest BCUT2D eigenvalue weighted by Gasteiger charge is 2.34. The zero-order chi connectivity index (χ0) is 18.2. The fourth-order valence-corrected chi connectivity index (χ4v) is 3.73. The van der Waals surface area contributed by atoms with Gasteiger partial charge < -0.3 is 10.1 Å². The zero-order valence-corrected chi connectivity index (χ0v) is 15.1. The summed E-state index contributed by atoms with van der Waals surface area (Å²) in [5.74, 6) is -0.00457. The van der Waals surface area contributed by atoms with Gasteiger partial charge in [0.2, 0.25) is 10.0 Å². The van der Waals surface area contributed by atoms with E-state index in [9.17, 15) is 13.2 Å². The van der Waals surface area contributed by atoms with Crippen LogP contribution in [0, 0.1) is 13.8 Å². The van der Waals surface area contributed by atoms with E-state index in [0.29, 0.717) is 17.1 Å². The number of hydrogen-bond donors (Lipinski definition) is 1. The summed E-state index contributed by atoms with van der Waals surface area (Å²) in [5.41, 5.74) is 3.16. The van der Waals surface area contributed by atoms with Gasteiger partial charge in [-0.3, -0.25) is 9.10 Å². The van der Waals surface area contributed by atoms with Gasteiger partial charge in [0, 0.05) is 5.69 Å². The molecule has 0 unspecified atom stereocenters. The molecule has 1 heterocycles. The predicted octanol–water partition coefficient (Wildman–Crippen LogP) is 2.47. The summed E-state index contributed by atoms with van der Waals surface area (Å²) in [5, 5.41) is 2.82. The van der Waals surface area contributed by atoms with Crippen LogP contribution in [-0.4, -0.2) is 33.2 Å². The van der Waals surface area contributed by atoms with Crippen LogP contribution in [-0.2, 0) is 14.8 Å². The Morgan fingerprint density at radius 3 is 2.60 bits per heavy atom. The third-order valence-electron chi connectivity index (χ3n) is 4.07. The Hall–Kier alpha value is -2.54. The molecule has 3 rings (SSSR count). The van der Waals surface area contributed by atoms with Crippen LogP contribution in [0.3, 0.4) is 0 Å². The number of para-hydroxylation sites is 2. The highest BCUT2D eigenvalue weighted by Crippen LogP contribution is 2.34. The number of hydrogen-bond acceptors (Lipinski definition) is 4. The second kappa shape index (κ2) is 6.40. The smallest absolute Gasteiger partial charge is 0.267 e. The number of rotatable bonds is 3. The Morgan fingerprint density at radius 2 is 1.92 bits per heavy atom. The first kappa shape index (κ1) is 17.3. The van der Waals surface area contributed by atoms with Crippen LogP contribution in [0.2, 0.25) is 0 Å². The molecule has 1 amide bonds. The summed E-state index contributed by atoms with van der Waals surface area (Å²) in [4.78, 5) is 12.6. The number of carbonyl (C=O) groups excluding carboxylic acids is 1. The van der Waals surface area contributed by atoms with Gasteiger partial charge in [-0.15, -0.1) is 0 Å². The number of ether oxygens (including phenoxy) is 1. The lowest BCUT2D eigenvalue weighted by Gasteiger charge is -2.33. The maximum Gasteiger partial charge on any atom is 0.267 e. The van der Waals surface area contributed by atoms with Crippen LogP contribution >= 0.6 is 0 Å². The van der Waals surface area contributed by atoms with E-state index in [2.05, 4.69) is 5.32 Å². The van der Waals surface area contributed by atoms with Crippen LogP contribution < -0.4 is 14.4 Å². The molecule has 0 saturated heterocycles. The molecular weight excluding hydrogens is 340 g/mol. The standard InChI is InChI=1S/C18H20N2O4S/c1-12-8-9-14(13(2)10-12)19-18(21)17-11-20(25(3,22)23)15-6-4-5-7-16(15)24-17/h4-10,17H,11H2,1-3H3,(H,19,21)/t17-/m1/s1. The van der Waals surface area contributed by atoms with Crippen LogP contribution in [0.15, 0.2) is 42.5 Å². The van der Waals surface area contributed by atoms with Gasteiger partial charge in [0.1, 0.15) is 5.75 Å². The molecular formula is C18H20N2O4S. The maximum absolute atomic E-state index is 12.6. The van der Waals surface area contributed by atoms with Crippen LogP contribution in [0.5, 0.6) is 5.75 Å². The van der Waals surface area contributed by atoms with Crippen molar-refractivity contribution in [2.24, 2.45) is 0 Å². The Morgan fingerprint density at radius 1 is 1.20 bits per heavy atom. The second-order valence-corrected chi connectivity index (χ2v) is 8.08. The SMILES string of the molecule is Cc1ccc(NC(=O)[C@H]2CN(S(C)(=O)=O)c3ccccc3O2)c(C)c1. The largest absolute Gasteiger partial charge is 0.476 e. The van der Waals surface area contributed by atoms with Gasteiger partial charge in [0.25, 0.3) is 5.91 Å². The molecule has 1 N–H and O–H groups in total. The van der Waals surface area contributed by atoms with Gasteiger partial charge in [-0.2, -0.15) is 0 Å². The van der Waals surface area contributed by atoms with E-state index in [-0.39, 0.29) is 12.5 Å². The van der Waals surface area contributed by atoms with Crippen molar-refractivity contribution in [3.05, 3.63) is 53.6 Å². The van der Waals surface area contributed by atoms with E-state index in [1.807, 2.05) is 32.0 Å². The quantitative estimate of drug-likeness (QED) is 0.912. The minimum atomic E-state index is -3.52. The fraction of sp³-hybridized carbons (Fsp3) is 0.278. The molecule has 0 bridgehead atoms. The van der Waals surface area contributed by atoms with Crippen molar-refractivity contribution in [2.45, 2.75) is 20.0 Å². The van der Waals surface area contributed by atoms with E-state index < -0.39 is 16.1 Å². The second-order valence-electron chi connectivity index (χ2n) is 6.18. The van der Waals surface area contributed by atoms with Crippen molar-refractivity contribution >= 4 is 27.3 Å². The number of anilines is 2. The Bertz CT molecular complexity index is 924. The minimum Gasteiger partial charge on any atom is -0.476 e. The fourth-order valence-electron chi connectivity index (χ4n) is 2.82. The van der Waals surface area contributed by atoms with Crippen LogP contribution in [0.25, 0.3) is 0 Å². The predicted molar refractivity (Wildman–Crippen MR) is 97.6 cm³/mol. The Kier molecular flexibility index (Phi) is 4.43. The molecule has 25 heavy (non-hydrogen) atoms. The number of benzene rings is 2. The highest BCUT2D eigenvalue weighted by atomic mass is 32.2. The molecule has 2 aromatic carbocycles. The third kappa shape index (κ3) is 3.61. The summed E-state index contributed by atoms with van der Waals surface area (Å²) >= 11 is 0. The first-order chi connectivity index (χ1) is 11.8. The van der Waals surface area contributed by atoms with E-state index in [4.69, 9.17) is 4.74 Å². The van der Waals surface area contributed by atoms with Crippen molar-refractivity contribution in [2.75, 3.05) is 22.4 Å². The van der Waals surface area contributed by atoms with Gasteiger partial charge in [0.15, 0.2) is 6.10 Å². The molecule has 7 heteroatoms. The number of nitrogens with one attached hydrogen (secondary N) is 1. The zero-order valence-electron chi connectivity index (χ0n) is 14.3. The Labute approximate surface area is 147 Å². The molecule has 0 fully saturated rings. The van der Waals surface area contributed by atoms with Gasteiger partial charge in [0.05, 0.1) is 18.5 Å². The van der Waals surface area contributed by atoms with Gasteiger partial charge in [-0.1, -0.05) is 29.8 Å². The first-order valence-corrected chi connectivity index (χ1v) is 9.72. The van der Waals surface area contributed by atoms with Crippen molar-refractivity contribution in [1.82, 2.24) is 0 Å². The Balaban J connectivity index is 1.87. The van der Waals surface area contributed by atoms with Crippen molar-refractivity contribution in [3.8, 4) is 5.75 Å². The van der Waals surface area contributed by atoms with E-state index in [1.165, 1.54) is 4.31 Å². The van der Waals surface area contributed by atoms with Gasteiger partial charge in [-0.25, -0.2) is 8.42 Å². The topological polar surface area (TPSA) is 75.7 Å². The monoisotopic (exact) mass is 360 g/mol. The maximum atomic E-state index is 12.6. The normalized spacial score (nSPS) is 16.8. The number of amides is 1. The molecule has 1 atom stereocenters. The number of sulfonamides is 1. The molecule has 0 spiro atoms. The number of carbonyl (C=O) groups is 1. The minimum absolute atomic E-state index is 0.0629. The number of fused-ring (bicyclic) bond motifs is 1. The third-order valence-corrected chi connectivity index (χ3v) is 5.21. The average Bonchev–Trinajstić information content (AvgIpc) is 2.55. The van der Waals surface area contributed by atoms with Crippen molar-refractivity contribution < 1.29 is 17.9 Å². The number of aryl methyl sites for hydroxylation is 2. The van der Waals surface area contributed by atoms with E-state index in [0.717, 1.165) is 17.4 Å². The van der Waals surface area contributed by atoms with Crippen LogP contribution in [0.1, 0.15) is 11.1 Å². The van der Waals surface area contributed by atoms with Gasteiger partial charge >= 0.3 is 0 Å². The summed E-state index contributed by atoms with van der Waals surface area (Å²) < 4.78 is 31.2.